The zero-order valence-electron chi connectivity index (χ0n) is 14.1. The molecule has 2 saturated heterocycles. The summed E-state index contributed by atoms with van der Waals surface area (Å²) in [6, 6.07) is 4.29. The highest BCUT2D eigenvalue weighted by molar-refractivity contribution is 6.30. The molecule has 2 atom stereocenters. The Hall–Kier alpha value is -1.37. The van der Waals surface area contributed by atoms with E-state index in [-0.39, 0.29) is 29.7 Å². The van der Waals surface area contributed by atoms with Gasteiger partial charge in [0.2, 0.25) is 0 Å². The van der Waals surface area contributed by atoms with Gasteiger partial charge in [-0.2, -0.15) is 0 Å². The Morgan fingerprint density at radius 3 is 2.80 bits per heavy atom. The van der Waals surface area contributed by atoms with Gasteiger partial charge in [0.05, 0.1) is 11.1 Å². The molecule has 0 spiro atoms. The Kier molecular flexibility index (Phi) is 6.15. The smallest absolute Gasteiger partial charge is 0.260 e. The number of halogens is 2. The van der Waals surface area contributed by atoms with Crippen LogP contribution in [-0.4, -0.2) is 49.3 Å². The number of nitrogens with two attached hydrogens (primary N) is 1. The molecule has 1 amide bonds. The molecule has 0 aliphatic carbocycles. The van der Waals surface area contributed by atoms with Crippen molar-refractivity contribution in [3.63, 3.8) is 0 Å². The Morgan fingerprint density at radius 1 is 1.36 bits per heavy atom. The number of ether oxygens (including phenoxy) is 2. The number of hydrogen-bond acceptors (Lipinski definition) is 4. The molecular formula is C18H24ClFN2O3. The van der Waals surface area contributed by atoms with Crippen molar-refractivity contribution < 1.29 is 18.7 Å². The molecule has 2 aliphatic heterocycles. The van der Waals surface area contributed by atoms with Gasteiger partial charge in [-0.25, -0.2) is 4.39 Å². The second-order valence-electron chi connectivity index (χ2n) is 6.78. The van der Waals surface area contributed by atoms with Crippen LogP contribution < -0.4 is 10.5 Å². The van der Waals surface area contributed by atoms with E-state index in [1.165, 1.54) is 18.2 Å². The number of amides is 1. The normalized spacial score (nSPS) is 25.0. The molecule has 2 N–H and O–H groups in total. The van der Waals surface area contributed by atoms with Gasteiger partial charge in [-0.05, 0) is 43.7 Å². The summed E-state index contributed by atoms with van der Waals surface area (Å²) < 4.78 is 24.4. The molecule has 2 fully saturated rings. The Labute approximate surface area is 152 Å². The van der Waals surface area contributed by atoms with Crippen molar-refractivity contribution >= 4 is 17.5 Å². The lowest BCUT2D eigenvalue weighted by Crippen LogP contribution is -2.46. The molecule has 5 nitrogen and oxygen atoms in total. The number of likely N-dealkylation sites (tertiary alicyclic amines) is 1. The molecule has 25 heavy (non-hydrogen) atoms. The first-order chi connectivity index (χ1) is 12.0. The quantitative estimate of drug-likeness (QED) is 0.884. The van der Waals surface area contributed by atoms with Gasteiger partial charge in [-0.3, -0.25) is 4.79 Å². The molecular weight excluding hydrogens is 347 g/mol. The minimum Gasteiger partial charge on any atom is -0.484 e. The van der Waals surface area contributed by atoms with Crippen LogP contribution >= 0.6 is 11.6 Å². The molecule has 0 radical (unpaired) electrons. The van der Waals surface area contributed by atoms with Gasteiger partial charge in [0.1, 0.15) is 11.6 Å². The molecule has 3 rings (SSSR count). The molecule has 7 heteroatoms. The Balaban J connectivity index is 1.44. The Bertz CT molecular complexity index is 608. The highest BCUT2D eigenvalue weighted by atomic mass is 35.5. The number of piperidine rings is 1. The maximum Gasteiger partial charge on any atom is 0.260 e. The van der Waals surface area contributed by atoms with Gasteiger partial charge in [0, 0.05) is 31.8 Å². The van der Waals surface area contributed by atoms with E-state index in [1.54, 1.807) is 0 Å². The minimum atomic E-state index is -0.507. The lowest BCUT2D eigenvalue weighted by molar-refractivity contribution is -0.136. The second-order valence-corrected chi connectivity index (χ2v) is 7.18. The average Bonchev–Trinajstić information content (AvgIpc) is 2.62. The third-order valence-electron chi connectivity index (χ3n) is 5.03. The SMILES string of the molecule is NC1CCOC(C2CCN(C(=O)COc3ccc(F)c(Cl)c3)CC2)C1. The van der Waals surface area contributed by atoms with E-state index in [0.29, 0.717) is 24.8 Å². The van der Waals surface area contributed by atoms with Crippen LogP contribution in [0, 0.1) is 11.7 Å². The third-order valence-corrected chi connectivity index (χ3v) is 5.32. The molecule has 2 aliphatic rings. The molecule has 0 bridgehead atoms. The van der Waals surface area contributed by atoms with Crippen LogP contribution in [0.25, 0.3) is 0 Å². The minimum absolute atomic E-state index is 0.0172. The largest absolute Gasteiger partial charge is 0.484 e. The van der Waals surface area contributed by atoms with Crippen molar-refractivity contribution in [3.05, 3.63) is 29.0 Å². The van der Waals surface area contributed by atoms with Crippen molar-refractivity contribution in [1.29, 1.82) is 0 Å². The van der Waals surface area contributed by atoms with Crippen molar-refractivity contribution in [2.24, 2.45) is 11.7 Å². The summed E-state index contributed by atoms with van der Waals surface area (Å²) in [7, 11) is 0. The number of carbonyl (C=O) groups excluding carboxylic acids is 1. The van der Waals surface area contributed by atoms with E-state index in [1.807, 2.05) is 4.90 Å². The molecule has 138 valence electrons. The Morgan fingerprint density at radius 2 is 2.12 bits per heavy atom. The fourth-order valence-corrected chi connectivity index (χ4v) is 3.68. The molecule has 2 unspecified atom stereocenters. The van der Waals surface area contributed by atoms with E-state index >= 15 is 0 Å². The summed E-state index contributed by atoms with van der Waals surface area (Å²) in [4.78, 5) is 14.1. The van der Waals surface area contributed by atoms with Crippen molar-refractivity contribution in [1.82, 2.24) is 4.90 Å². The molecule has 1 aromatic carbocycles. The fraction of sp³-hybridized carbons (Fsp3) is 0.611. The van der Waals surface area contributed by atoms with Crippen molar-refractivity contribution in [2.75, 3.05) is 26.3 Å². The lowest BCUT2D eigenvalue weighted by Gasteiger charge is -2.38. The summed E-state index contributed by atoms with van der Waals surface area (Å²) in [6.45, 7) is 2.06. The topological polar surface area (TPSA) is 64.8 Å². The van der Waals surface area contributed by atoms with Gasteiger partial charge >= 0.3 is 0 Å². The summed E-state index contributed by atoms with van der Waals surface area (Å²) in [5, 5.41) is -0.0172. The van der Waals surface area contributed by atoms with E-state index in [9.17, 15) is 9.18 Å². The molecule has 0 aromatic heterocycles. The predicted molar refractivity (Wildman–Crippen MR) is 93.2 cm³/mol. The fourth-order valence-electron chi connectivity index (χ4n) is 3.51. The first-order valence-corrected chi connectivity index (χ1v) is 9.13. The molecule has 1 aromatic rings. The monoisotopic (exact) mass is 370 g/mol. The zero-order chi connectivity index (χ0) is 17.8. The van der Waals surface area contributed by atoms with Crippen LogP contribution in [0.5, 0.6) is 5.75 Å². The van der Waals surface area contributed by atoms with Crippen LogP contribution in [0.1, 0.15) is 25.7 Å². The van der Waals surface area contributed by atoms with Crippen LogP contribution in [0.2, 0.25) is 5.02 Å². The molecule has 2 heterocycles. The first-order valence-electron chi connectivity index (χ1n) is 8.75. The maximum atomic E-state index is 13.1. The number of carbonyl (C=O) groups is 1. The highest BCUT2D eigenvalue weighted by Gasteiger charge is 2.32. The molecule has 0 saturated carbocycles. The number of rotatable bonds is 4. The van der Waals surface area contributed by atoms with E-state index in [2.05, 4.69) is 0 Å². The first kappa shape index (κ1) is 18.4. The standard InChI is InChI=1S/C18H24ClFN2O3/c19-15-10-14(1-2-16(15)20)25-11-18(23)22-6-3-12(4-7-22)17-9-13(21)5-8-24-17/h1-2,10,12-13,17H,3-9,11,21H2. The summed E-state index contributed by atoms with van der Waals surface area (Å²) >= 11 is 5.71. The van der Waals surface area contributed by atoms with Crippen LogP contribution in [0.4, 0.5) is 4.39 Å². The van der Waals surface area contributed by atoms with Gasteiger partial charge in [0.25, 0.3) is 5.91 Å². The average molecular weight is 371 g/mol. The van der Waals surface area contributed by atoms with Crippen LogP contribution in [0.15, 0.2) is 18.2 Å². The maximum absolute atomic E-state index is 13.1. The number of hydrogen-bond donors (Lipinski definition) is 1. The van der Waals surface area contributed by atoms with E-state index in [0.717, 1.165) is 32.3 Å². The summed E-state index contributed by atoms with van der Waals surface area (Å²) in [6.07, 6.45) is 3.90. The number of benzene rings is 1. The van der Waals surface area contributed by atoms with Gasteiger partial charge in [0.15, 0.2) is 6.61 Å². The number of nitrogens with zero attached hydrogens (tertiary/aromatic N) is 1. The summed E-state index contributed by atoms with van der Waals surface area (Å²) in [5.41, 5.74) is 6.03. The highest BCUT2D eigenvalue weighted by Crippen LogP contribution is 2.28. The van der Waals surface area contributed by atoms with Gasteiger partial charge < -0.3 is 20.1 Å². The van der Waals surface area contributed by atoms with Crippen LogP contribution in [-0.2, 0) is 9.53 Å². The van der Waals surface area contributed by atoms with Crippen molar-refractivity contribution in [2.45, 2.75) is 37.8 Å². The second kappa shape index (κ2) is 8.34. The zero-order valence-corrected chi connectivity index (χ0v) is 14.9. The lowest BCUT2D eigenvalue weighted by atomic mass is 9.86. The van der Waals surface area contributed by atoms with Gasteiger partial charge in [-0.15, -0.1) is 0 Å². The summed E-state index contributed by atoms with van der Waals surface area (Å²) in [5.74, 6) is 0.277. The van der Waals surface area contributed by atoms with E-state index in [4.69, 9.17) is 26.8 Å². The van der Waals surface area contributed by atoms with Crippen molar-refractivity contribution in [3.8, 4) is 5.75 Å². The predicted octanol–water partition coefficient (Wildman–Crippen LogP) is 2.60. The van der Waals surface area contributed by atoms with Crippen LogP contribution in [0.3, 0.4) is 0 Å². The van der Waals surface area contributed by atoms with E-state index < -0.39 is 5.82 Å². The third kappa shape index (κ3) is 4.84. The van der Waals surface area contributed by atoms with Gasteiger partial charge in [-0.1, -0.05) is 11.6 Å².